The van der Waals surface area contributed by atoms with Crippen molar-refractivity contribution in [3.63, 3.8) is 0 Å². The molecule has 2 aliphatic heterocycles. The highest BCUT2D eigenvalue weighted by molar-refractivity contribution is 6.08. The third kappa shape index (κ3) is 3.12. The molecule has 2 aromatic carbocycles. The summed E-state index contributed by atoms with van der Waals surface area (Å²) in [6.07, 6.45) is 4.04. The summed E-state index contributed by atoms with van der Waals surface area (Å²) in [7, 11) is 0. The van der Waals surface area contributed by atoms with Gasteiger partial charge < -0.3 is 15.2 Å². The molecule has 0 aliphatic carbocycles. The lowest BCUT2D eigenvalue weighted by Crippen LogP contribution is -2.45. The molecular formula is C23H22N4O3. The van der Waals surface area contributed by atoms with Crippen LogP contribution in [-0.4, -0.2) is 46.9 Å². The fourth-order valence-corrected chi connectivity index (χ4v) is 4.40. The Morgan fingerprint density at radius 1 is 1.07 bits per heavy atom. The van der Waals surface area contributed by atoms with Crippen LogP contribution in [0.3, 0.4) is 0 Å². The van der Waals surface area contributed by atoms with E-state index >= 15 is 0 Å². The number of rotatable bonds is 4. The SMILES string of the molecule is O=C1NC(Cc2c[nH]c3ccccc23)C(=O)N1CC(=O)N1CCCc2ccccc21. The van der Waals surface area contributed by atoms with Crippen LogP contribution in [0.1, 0.15) is 17.5 Å². The smallest absolute Gasteiger partial charge is 0.325 e. The van der Waals surface area contributed by atoms with Crippen LogP contribution in [0.5, 0.6) is 0 Å². The molecule has 3 aromatic rings. The van der Waals surface area contributed by atoms with E-state index in [2.05, 4.69) is 10.3 Å². The van der Waals surface area contributed by atoms with E-state index in [0.717, 1.165) is 45.5 Å². The van der Waals surface area contributed by atoms with Crippen LogP contribution in [0.2, 0.25) is 0 Å². The number of para-hydroxylation sites is 2. The molecule has 3 heterocycles. The molecule has 5 rings (SSSR count). The number of hydrogen-bond acceptors (Lipinski definition) is 3. The van der Waals surface area contributed by atoms with Crippen LogP contribution in [0.25, 0.3) is 10.9 Å². The lowest BCUT2D eigenvalue weighted by molar-refractivity contribution is -0.131. The fraction of sp³-hybridized carbons (Fsp3) is 0.261. The van der Waals surface area contributed by atoms with Gasteiger partial charge in [-0.15, -0.1) is 0 Å². The standard InChI is InChI=1S/C23H22N4O3/c28-21(26-11-5-7-15-6-1-4-10-20(15)26)14-27-22(29)19(25-23(27)30)12-16-13-24-18-9-3-2-8-17(16)18/h1-4,6,8-10,13,19,24H,5,7,11-12,14H2,(H,25,30). The predicted molar refractivity (Wildman–Crippen MR) is 113 cm³/mol. The molecule has 1 unspecified atom stereocenters. The van der Waals surface area contributed by atoms with E-state index in [-0.39, 0.29) is 18.4 Å². The summed E-state index contributed by atoms with van der Waals surface area (Å²) < 4.78 is 0. The maximum atomic E-state index is 13.0. The van der Waals surface area contributed by atoms with Gasteiger partial charge in [0, 0.05) is 35.8 Å². The molecule has 2 aliphatic rings. The second-order valence-corrected chi connectivity index (χ2v) is 7.77. The number of nitrogens with one attached hydrogen (secondary N) is 2. The molecule has 4 amide bonds. The van der Waals surface area contributed by atoms with Gasteiger partial charge >= 0.3 is 6.03 Å². The Bertz CT molecular complexity index is 1150. The molecule has 1 aromatic heterocycles. The van der Waals surface area contributed by atoms with Crippen molar-refractivity contribution in [2.24, 2.45) is 0 Å². The quantitative estimate of drug-likeness (QED) is 0.658. The lowest BCUT2D eigenvalue weighted by Gasteiger charge is -2.30. The van der Waals surface area contributed by atoms with Crippen molar-refractivity contribution in [1.82, 2.24) is 15.2 Å². The highest BCUT2D eigenvalue weighted by Crippen LogP contribution is 2.27. The Morgan fingerprint density at radius 2 is 1.87 bits per heavy atom. The van der Waals surface area contributed by atoms with Gasteiger partial charge in [-0.1, -0.05) is 36.4 Å². The average Bonchev–Trinajstić information content (AvgIpc) is 3.29. The van der Waals surface area contributed by atoms with E-state index in [0.29, 0.717) is 13.0 Å². The number of aromatic amines is 1. The van der Waals surface area contributed by atoms with Crippen LogP contribution in [0, 0.1) is 0 Å². The van der Waals surface area contributed by atoms with Gasteiger partial charge in [0.05, 0.1) is 0 Å². The Morgan fingerprint density at radius 3 is 2.77 bits per heavy atom. The highest BCUT2D eigenvalue weighted by atomic mass is 16.2. The van der Waals surface area contributed by atoms with Crippen molar-refractivity contribution in [2.45, 2.75) is 25.3 Å². The van der Waals surface area contributed by atoms with Gasteiger partial charge in [-0.05, 0) is 36.1 Å². The minimum absolute atomic E-state index is 0.238. The van der Waals surface area contributed by atoms with Crippen molar-refractivity contribution < 1.29 is 14.4 Å². The van der Waals surface area contributed by atoms with Crippen molar-refractivity contribution in [1.29, 1.82) is 0 Å². The third-order valence-corrected chi connectivity index (χ3v) is 5.91. The molecule has 0 saturated carbocycles. The van der Waals surface area contributed by atoms with E-state index in [1.165, 1.54) is 0 Å². The molecule has 0 bridgehead atoms. The largest absolute Gasteiger partial charge is 0.361 e. The zero-order chi connectivity index (χ0) is 20.7. The molecule has 7 nitrogen and oxygen atoms in total. The maximum Gasteiger partial charge on any atom is 0.325 e. The Kier molecular flexibility index (Phi) is 4.50. The predicted octanol–water partition coefficient (Wildman–Crippen LogP) is 2.61. The summed E-state index contributed by atoms with van der Waals surface area (Å²) >= 11 is 0. The van der Waals surface area contributed by atoms with E-state index in [1.807, 2.05) is 54.7 Å². The van der Waals surface area contributed by atoms with Gasteiger partial charge in [-0.3, -0.25) is 14.5 Å². The molecule has 0 radical (unpaired) electrons. The lowest BCUT2D eigenvalue weighted by atomic mass is 10.0. The number of benzene rings is 2. The normalized spacial score (nSPS) is 18.6. The van der Waals surface area contributed by atoms with Crippen molar-refractivity contribution in [3.05, 3.63) is 65.9 Å². The Labute approximate surface area is 173 Å². The van der Waals surface area contributed by atoms with E-state index in [1.54, 1.807) is 4.90 Å². The van der Waals surface area contributed by atoms with Gasteiger partial charge in [-0.25, -0.2) is 4.79 Å². The summed E-state index contributed by atoms with van der Waals surface area (Å²) in [4.78, 5) is 44.2. The van der Waals surface area contributed by atoms with Crippen LogP contribution in [0.15, 0.2) is 54.7 Å². The number of H-pyrrole nitrogens is 1. The number of anilines is 1. The summed E-state index contributed by atoms with van der Waals surface area (Å²) in [6.45, 7) is 0.349. The number of aryl methyl sites for hydroxylation is 1. The Balaban J connectivity index is 1.31. The molecule has 1 saturated heterocycles. The molecule has 1 fully saturated rings. The van der Waals surface area contributed by atoms with Crippen molar-refractivity contribution in [3.8, 4) is 0 Å². The van der Waals surface area contributed by atoms with Gasteiger partial charge in [0.15, 0.2) is 0 Å². The molecule has 1 atom stereocenters. The minimum Gasteiger partial charge on any atom is -0.361 e. The number of carbonyl (C=O) groups excluding carboxylic acids is 3. The van der Waals surface area contributed by atoms with E-state index in [4.69, 9.17) is 0 Å². The Hall–Kier alpha value is -3.61. The van der Waals surface area contributed by atoms with Crippen LogP contribution >= 0.6 is 0 Å². The minimum atomic E-state index is -0.668. The van der Waals surface area contributed by atoms with Crippen LogP contribution in [0.4, 0.5) is 10.5 Å². The molecule has 30 heavy (non-hydrogen) atoms. The topological polar surface area (TPSA) is 85.5 Å². The summed E-state index contributed by atoms with van der Waals surface area (Å²) in [5.74, 6) is -0.595. The monoisotopic (exact) mass is 402 g/mol. The molecule has 7 heteroatoms. The van der Waals surface area contributed by atoms with Gasteiger partial charge in [-0.2, -0.15) is 0 Å². The van der Waals surface area contributed by atoms with Crippen molar-refractivity contribution in [2.75, 3.05) is 18.0 Å². The van der Waals surface area contributed by atoms with Gasteiger partial charge in [0.2, 0.25) is 5.91 Å². The number of hydrogen-bond donors (Lipinski definition) is 2. The van der Waals surface area contributed by atoms with Crippen molar-refractivity contribution >= 4 is 34.4 Å². The second-order valence-electron chi connectivity index (χ2n) is 7.77. The molecule has 0 spiro atoms. The number of urea groups is 1. The third-order valence-electron chi connectivity index (χ3n) is 5.91. The summed E-state index contributed by atoms with van der Waals surface area (Å²) in [5.41, 5.74) is 3.94. The fourth-order valence-electron chi connectivity index (χ4n) is 4.40. The number of amides is 4. The molecular weight excluding hydrogens is 380 g/mol. The second kappa shape index (κ2) is 7.33. The molecule has 2 N–H and O–H groups in total. The zero-order valence-corrected chi connectivity index (χ0v) is 16.4. The number of nitrogens with zero attached hydrogens (tertiary/aromatic N) is 2. The zero-order valence-electron chi connectivity index (χ0n) is 16.4. The summed E-state index contributed by atoms with van der Waals surface area (Å²) in [6, 6.07) is 14.4. The maximum absolute atomic E-state index is 13.0. The van der Waals surface area contributed by atoms with E-state index < -0.39 is 12.1 Å². The van der Waals surface area contributed by atoms with Crippen LogP contribution in [-0.2, 0) is 22.4 Å². The number of carbonyl (C=O) groups is 3. The number of aromatic nitrogens is 1. The molecule has 152 valence electrons. The van der Waals surface area contributed by atoms with Crippen LogP contribution < -0.4 is 10.2 Å². The first-order chi connectivity index (χ1) is 14.6. The van der Waals surface area contributed by atoms with E-state index in [9.17, 15) is 14.4 Å². The highest BCUT2D eigenvalue weighted by Gasteiger charge is 2.40. The first-order valence-corrected chi connectivity index (χ1v) is 10.2. The average molecular weight is 402 g/mol. The number of imide groups is 1. The summed E-state index contributed by atoms with van der Waals surface area (Å²) in [5, 5.41) is 3.76. The van der Waals surface area contributed by atoms with Gasteiger partial charge in [0.25, 0.3) is 5.91 Å². The first kappa shape index (κ1) is 18.4. The van der Waals surface area contributed by atoms with Gasteiger partial charge in [0.1, 0.15) is 12.6 Å². The first-order valence-electron chi connectivity index (χ1n) is 10.2. The number of fused-ring (bicyclic) bond motifs is 2.